The van der Waals surface area contributed by atoms with Crippen LogP contribution in [0.25, 0.3) is 11.3 Å². The molecule has 0 saturated heterocycles. The lowest BCUT2D eigenvalue weighted by Gasteiger charge is -2.05. The Hall–Kier alpha value is -3.33. The average Bonchev–Trinajstić information content (AvgIpc) is 3.25. The zero-order valence-corrected chi connectivity index (χ0v) is 13.9. The number of tetrazole rings is 1. The van der Waals surface area contributed by atoms with Crippen LogP contribution in [-0.2, 0) is 6.54 Å². The molecule has 0 fully saturated rings. The van der Waals surface area contributed by atoms with E-state index >= 15 is 0 Å². The molecule has 26 heavy (non-hydrogen) atoms. The molecule has 0 unspecified atom stereocenters. The summed E-state index contributed by atoms with van der Waals surface area (Å²) in [6.45, 7) is 0.00873. The Balaban J connectivity index is 1.56. The molecule has 0 atom stereocenters. The number of carbonyl (C=O) groups is 1. The number of imidazole rings is 1. The van der Waals surface area contributed by atoms with Crippen molar-refractivity contribution >= 4 is 23.2 Å². The fourth-order valence-corrected chi connectivity index (χ4v) is 2.62. The molecule has 130 valence electrons. The van der Waals surface area contributed by atoms with Crippen molar-refractivity contribution < 1.29 is 9.18 Å². The largest absolute Gasteiger partial charge is 0.343 e. The number of benzene rings is 1. The summed E-state index contributed by atoms with van der Waals surface area (Å²) < 4.78 is 17.0. The highest BCUT2D eigenvalue weighted by atomic mass is 35.5. The first kappa shape index (κ1) is 16.2. The standard InChI is InChI=1S/C16H11ClFN7O/c17-10-6-7-12-20-14(15(18)24(12)9-10)16(26)19-8-13-21-22-23-25(13)11-4-2-1-3-5-11/h1-7,9H,8H2,(H,19,26). The van der Waals surface area contributed by atoms with Crippen molar-refractivity contribution in [2.75, 3.05) is 0 Å². The molecule has 3 aromatic heterocycles. The molecule has 8 nitrogen and oxygen atoms in total. The topological polar surface area (TPSA) is 90.0 Å². The van der Waals surface area contributed by atoms with Gasteiger partial charge in [-0.25, -0.2) is 4.98 Å². The second kappa shape index (κ2) is 6.52. The summed E-state index contributed by atoms with van der Waals surface area (Å²) in [5, 5.41) is 14.3. The molecule has 4 rings (SSSR count). The van der Waals surface area contributed by atoms with Crippen LogP contribution in [0.3, 0.4) is 0 Å². The average molecular weight is 372 g/mol. The van der Waals surface area contributed by atoms with Gasteiger partial charge in [-0.05, 0) is 34.7 Å². The minimum Gasteiger partial charge on any atom is -0.343 e. The van der Waals surface area contributed by atoms with Gasteiger partial charge in [0.25, 0.3) is 5.91 Å². The molecular weight excluding hydrogens is 361 g/mol. The summed E-state index contributed by atoms with van der Waals surface area (Å²) >= 11 is 5.84. The number of fused-ring (bicyclic) bond motifs is 1. The first-order valence-corrected chi connectivity index (χ1v) is 7.95. The summed E-state index contributed by atoms with van der Waals surface area (Å²) in [7, 11) is 0. The van der Waals surface area contributed by atoms with Crippen molar-refractivity contribution in [2.45, 2.75) is 6.54 Å². The van der Waals surface area contributed by atoms with Crippen molar-refractivity contribution in [1.82, 2.24) is 34.9 Å². The van der Waals surface area contributed by atoms with Gasteiger partial charge < -0.3 is 5.32 Å². The summed E-state index contributed by atoms with van der Waals surface area (Å²) in [5.41, 5.74) is 0.701. The van der Waals surface area contributed by atoms with E-state index in [0.29, 0.717) is 10.8 Å². The third kappa shape index (κ3) is 2.88. The van der Waals surface area contributed by atoms with E-state index in [1.165, 1.54) is 16.9 Å². The van der Waals surface area contributed by atoms with E-state index in [2.05, 4.69) is 25.8 Å². The number of aromatic nitrogens is 6. The Morgan fingerprint density at radius 2 is 2.00 bits per heavy atom. The molecule has 1 N–H and O–H groups in total. The number of rotatable bonds is 4. The summed E-state index contributed by atoms with van der Waals surface area (Å²) in [6.07, 6.45) is 1.35. The molecule has 3 heterocycles. The Kier molecular flexibility index (Phi) is 4.05. The van der Waals surface area contributed by atoms with Gasteiger partial charge in [0, 0.05) is 6.20 Å². The van der Waals surface area contributed by atoms with Crippen LogP contribution in [0.4, 0.5) is 4.39 Å². The molecule has 0 bridgehead atoms. The molecule has 0 aliphatic heterocycles. The maximum absolute atomic E-state index is 14.4. The van der Waals surface area contributed by atoms with E-state index in [1.807, 2.05) is 30.3 Å². The minimum absolute atomic E-state index is 0.00873. The van der Waals surface area contributed by atoms with E-state index < -0.39 is 11.9 Å². The number of nitrogens with zero attached hydrogens (tertiary/aromatic N) is 6. The van der Waals surface area contributed by atoms with Gasteiger partial charge in [0.05, 0.1) is 17.3 Å². The predicted octanol–water partition coefficient (Wildman–Crippen LogP) is 2.03. The molecule has 1 amide bonds. The van der Waals surface area contributed by atoms with Crippen LogP contribution >= 0.6 is 11.6 Å². The first-order valence-electron chi connectivity index (χ1n) is 7.57. The van der Waals surface area contributed by atoms with Crippen molar-refractivity contribution in [1.29, 1.82) is 0 Å². The maximum Gasteiger partial charge on any atom is 0.275 e. The molecule has 0 spiro atoms. The molecule has 0 saturated carbocycles. The lowest BCUT2D eigenvalue weighted by Crippen LogP contribution is -2.26. The lowest BCUT2D eigenvalue weighted by atomic mass is 10.3. The van der Waals surface area contributed by atoms with Crippen molar-refractivity contribution in [3.63, 3.8) is 0 Å². The molecular formula is C16H11ClFN7O. The third-order valence-corrected chi connectivity index (χ3v) is 3.90. The number of hydrogen-bond donors (Lipinski definition) is 1. The second-order valence-electron chi connectivity index (χ2n) is 5.35. The monoisotopic (exact) mass is 371 g/mol. The molecule has 10 heteroatoms. The molecule has 0 aliphatic carbocycles. The minimum atomic E-state index is -0.789. The van der Waals surface area contributed by atoms with Crippen LogP contribution in [0.1, 0.15) is 16.3 Å². The van der Waals surface area contributed by atoms with Gasteiger partial charge in [-0.2, -0.15) is 9.07 Å². The smallest absolute Gasteiger partial charge is 0.275 e. The normalized spacial score (nSPS) is 11.0. The summed E-state index contributed by atoms with van der Waals surface area (Å²) in [6, 6.07) is 12.3. The van der Waals surface area contributed by atoms with Gasteiger partial charge in [0.15, 0.2) is 11.5 Å². The van der Waals surface area contributed by atoms with Gasteiger partial charge in [-0.1, -0.05) is 29.8 Å². The molecule has 0 aliphatic rings. The van der Waals surface area contributed by atoms with E-state index in [-0.39, 0.29) is 17.9 Å². The Labute approximate surface area is 151 Å². The van der Waals surface area contributed by atoms with Crippen LogP contribution in [0.5, 0.6) is 0 Å². The number of pyridine rings is 1. The van der Waals surface area contributed by atoms with E-state index in [0.717, 1.165) is 10.1 Å². The second-order valence-corrected chi connectivity index (χ2v) is 5.79. The van der Waals surface area contributed by atoms with Crippen LogP contribution in [-0.4, -0.2) is 35.5 Å². The van der Waals surface area contributed by atoms with E-state index in [1.54, 1.807) is 6.07 Å². The quantitative estimate of drug-likeness (QED) is 0.593. The first-order chi connectivity index (χ1) is 12.6. The highest BCUT2D eigenvalue weighted by Gasteiger charge is 2.20. The van der Waals surface area contributed by atoms with Crippen LogP contribution in [0.2, 0.25) is 5.02 Å². The van der Waals surface area contributed by atoms with E-state index in [9.17, 15) is 9.18 Å². The Morgan fingerprint density at radius 1 is 1.19 bits per heavy atom. The number of carbonyl (C=O) groups excluding carboxylic acids is 1. The zero-order chi connectivity index (χ0) is 18.1. The molecule has 0 radical (unpaired) electrons. The van der Waals surface area contributed by atoms with Gasteiger partial charge >= 0.3 is 0 Å². The molecule has 1 aromatic carbocycles. The van der Waals surface area contributed by atoms with E-state index in [4.69, 9.17) is 11.6 Å². The van der Waals surface area contributed by atoms with Crippen LogP contribution in [0.15, 0.2) is 48.7 Å². The number of nitrogens with one attached hydrogen (secondary N) is 1. The SMILES string of the molecule is O=C(NCc1nnnn1-c1ccccc1)c1nc2ccc(Cl)cn2c1F. The van der Waals surface area contributed by atoms with Crippen LogP contribution in [0, 0.1) is 5.95 Å². The Bertz CT molecular complexity index is 1090. The number of halogens is 2. The fraction of sp³-hybridized carbons (Fsp3) is 0.0625. The highest BCUT2D eigenvalue weighted by molar-refractivity contribution is 6.30. The summed E-state index contributed by atoms with van der Waals surface area (Å²) in [5.74, 6) is -1.07. The predicted molar refractivity (Wildman–Crippen MR) is 90.5 cm³/mol. The summed E-state index contributed by atoms with van der Waals surface area (Å²) in [4.78, 5) is 16.3. The number of para-hydroxylation sites is 1. The third-order valence-electron chi connectivity index (χ3n) is 3.68. The fourth-order valence-electron chi connectivity index (χ4n) is 2.46. The van der Waals surface area contributed by atoms with Crippen molar-refractivity contribution in [2.24, 2.45) is 0 Å². The van der Waals surface area contributed by atoms with Crippen LogP contribution < -0.4 is 5.32 Å². The number of amides is 1. The van der Waals surface area contributed by atoms with Gasteiger partial charge in [-0.15, -0.1) is 5.10 Å². The van der Waals surface area contributed by atoms with Crippen molar-refractivity contribution in [3.05, 3.63) is 71.2 Å². The molecule has 4 aromatic rings. The van der Waals surface area contributed by atoms with Gasteiger partial charge in [0.1, 0.15) is 5.65 Å². The van der Waals surface area contributed by atoms with Crippen molar-refractivity contribution in [3.8, 4) is 5.69 Å². The maximum atomic E-state index is 14.4. The Morgan fingerprint density at radius 3 is 2.81 bits per heavy atom. The van der Waals surface area contributed by atoms with Gasteiger partial charge in [0.2, 0.25) is 5.95 Å². The lowest BCUT2D eigenvalue weighted by molar-refractivity contribution is 0.0940. The van der Waals surface area contributed by atoms with Gasteiger partial charge in [-0.3, -0.25) is 9.20 Å². The number of hydrogen-bond acceptors (Lipinski definition) is 5. The zero-order valence-electron chi connectivity index (χ0n) is 13.2. The highest BCUT2D eigenvalue weighted by Crippen LogP contribution is 2.15.